The number of nitrogens with one attached hydrogen (secondary N) is 1. The zero-order valence-corrected chi connectivity index (χ0v) is 19.2. The van der Waals surface area contributed by atoms with Gasteiger partial charge in [0.1, 0.15) is 12.4 Å². The van der Waals surface area contributed by atoms with Crippen molar-refractivity contribution in [2.75, 3.05) is 5.32 Å². The molecule has 0 spiro atoms. The minimum Gasteiger partial charge on any atom is -0.489 e. The number of rotatable bonds is 8. The van der Waals surface area contributed by atoms with Crippen molar-refractivity contribution in [2.45, 2.75) is 20.1 Å². The Morgan fingerprint density at radius 3 is 2.51 bits per heavy atom. The average Bonchev–Trinajstić information content (AvgIpc) is 3.57. The largest absolute Gasteiger partial charge is 0.489 e. The lowest BCUT2D eigenvalue weighted by molar-refractivity contribution is 0.0947. The Bertz CT molecular complexity index is 1410. The van der Waals surface area contributed by atoms with E-state index < -0.39 is 0 Å². The molecule has 0 fully saturated rings. The molecule has 0 aliphatic rings. The minimum atomic E-state index is -0.272. The molecule has 3 aromatic carbocycles. The Labute approximate surface area is 203 Å². The van der Waals surface area contributed by atoms with Crippen LogP contribution >= 0.6 is 0 Å². The standard InChI is InChI=1S/C28H24N4O3/c1-20-7-5-10-23(17-20)27(33)32-28(30-26(31-32)25-11-6-16-34-25)29-18-21-12-14-24(15-13-21)35-19-22-8-3-2-4-9-22/h2-17H,18-19H2,1H3,(H,29,30,31). The Balaban J connectivity index is 1.31. The molecule has 2 heterocycles. The molecular formula is C28H24N4O3. The van der Waals surface area contributed by atoms with Gasteiger partial charge in [0, 0.05) is 12.1 Å². The van der Waals surface area contributed by atoms with E-state index in [1.807, 2.05) is 79.7 Å². The Hall–Kier alpha value is -4.65. The molecule has 174 valence electrons. The summed E-state index contributed by atoms with van der Waals surface area (Å²) in [6.07, 6.45) is 1.55. The third-order valence-electron chi connectivity index (χ3n) is 5.43. The van der Waals surface area contributed by atoms with Gasteiger partial charge in [0.25, 0.3) is 5.91 Å². The van der Waals surface area contributed by atoms with Crippen molar-refractivity contribution in [1.82, 2.24) is 14.8 Å². The highest BCUT2D eigenvalue weighted by Crippen LogP contribution is 2.21. The SMILES string of the molecule is Cc1cccc(C(=O)n2nc(-c3ccco3)nc2NCc2ccc(OCc3ccccc3)cc2)c1. The van der Waals surface area contributed by atoms with Crippen LogP contribution in [0.1, 0.15) is 27.0 Å². The molecule has 7 nitrogen and oxygen atoms in total. The van der Waals surface area contributed by atoms with Crippen LogP contribution < -0.4 is 10.1 Å². The van der Waals surface area contributed by atoms with E-state index in [1.165, 1.54) is 4.68 Å². The van der Waals surface area contributed by atoms with Gasteiger partial charge in [-0.2, -0.15) is 9.67 Å². The monoisotopic (exact) mass is 464 g/mol. The number of carbonyl (C=O) groups excluding carboxylic acids is 1. The van der Waals surface area contributed by atoms with Gasteiger partial charge in [0.05, 0.1) is 6.26 Å². The molecule has 0 aliphatic carbocycles. The zero-order chi connectivity index (χ0) is 24.0. The number of benzene rings is 3. The molecule has 7 heteroatoms. The van der Waals surface area contributed by atoms with Gasteiger partial charge >= 0.3 is 0 Å². The number of nitrogens with zero attached hydrogens (tertiary/aromatic N) is 3. The second-order valence-electron chi connectivity index (χ2n) is 8.09. The van der Waals surface area contributed by atoms with E-state index in [2.05, 4.69) is 15.4 Å². The molecular weight excluding hydrogens is 440 g/mol. The molecule has 1 N–H and O–H groups in total. The lowest BCUT2D eigenvalue weighted by atomic mass is 10.1. The maximum Gasteiger partial charge on any atom is 0.281 e. The number of carbonyl (C=O) groups is 1. The van der Waals surface area contributed by atoms with Crippen LogP contribution in [-0.2, 0) is 13.2 Å². The van der Waals surface area contributed by atoms with E-state index in [4.69, 9.17) is 9.15 Å². The number of hydrogen-bond acceptors (Lipinski definition) is 6. The number of furan rings is 1. The summed E-state index contributed by atoms with van der Waals surface area (Å²) in [5.74, 6) is 1.68. The van der Waals surface area contributed by atoms with E-state index in [-0.39, 0.29) is 5.91 Å². The normalized spacial score (nSPS) is 10.8. The Kier molecular flexibility index (Phi) is 6.39. The molecule has 5 aromatic rings. The molecule has 0 saturated heterocycles. The van der Waals surface area contributed by atoms with E-state index >= 15 is 0 Å². The molecule has 0 aliphatic heterocycles. The molecule has 0 unspecified atom stereocenters. The smallest absolute Gasteiger partial charge is 0.281 e. The first-order valence-corrected chi connectivity index (χ1v) is 11.3. The highest BCUT2D eigenvalue weighted by atomic mass is 16.5. The van der Waals surface area contributed by atoms with E-state index in [0.29, 0.717) is 36.2 Å². The van der Waals surface area contributed by atoms with Gasteiger partial charge in [-0.15, -0.1) is 5.10 Å². The number of aryl methyl sites for hydroxylation is 1. The second kappa shape index (κ2) is 10.1. The first-order chi connectivity index (χ1) is 17.2. The summed E-state index contributed by atoms with van der Waals surface area (Å²) in [7, 11) is 0. The lowest BCUT2D eigenvalue weighted by Gasteiger charge is -2.09. The van der Waals surface area contributed by atoms with E-state index in [0.717, 1.165) is 22.4 Å². The summed E-state index contributed by atoms with van der Waals surface area (Å²) in [5.41, 5.74) is 3.65. The van der Waals surface area contributed by atoms with Crippen molar-refractivity contribution in [2.24, 2.45) is 0 Å². The summed E-state index contributed by atoms with van der Waals surface area (Å²) in [4.78, 5) is 17.7. The van der Waals surface area contributed by atoms with Crippen LogP contribution in [0.15, 0.2) is 102 Å². The van der Waals surface area contributed by atoms with Crippen molar-refractivity contribution in [1.29, 1.82) is 0 Å². The van der Waals surface area contributed by atoms with Crippen molar-refractivity contribution >= 4 is 11.9 Å². The van der Waals surface area contributed by atoms with Crippen LogP contribution in [0.25, 0.3) is 11.6 Å². The van der Waals surface area contributed by atoms with Crippen molar-refractivity contribution < 1.29 is 13.9 Å². The average molecular weight is 465 g/mol. The molecule has 2 aromatic heterocycles. The summed E-state index contributed by atoms with van der Waals surface area (Å²) >= 11 is 0. The second-order valence-corrected chi connectivity index (χ2v) is 8.09. The van der Waals surface area contributed by atoms with Gasteiger partial charge in [-0.1, -0.05) is 60.2 Å². The summed E-state index contributed by atoms with van der Waals surface area (Å²) in [6, 6.07) is 28.7. The van der Waals surface area contributed by atoms with Gasteiger partial charge < -0.3 is 14.5 Å². The first-order valence-electron chi connectivity index (χ1n) is 11.3. The Morgan fingerprint density at radius 1 is 0.943 bits per heavy atom. The van der Waals surface area contributed by atoms with Gasteiger partial charge in [0.15, 0.2) is 5.76 Å². The molecule has 0 radical (unpaired) electrons. The zero-order valence-electron chi connectivity index (χ0n) is 19.2. The van der Waals surface area contributed by atoms with E-state index in [9.17, 15) is 4.79 Å². The van der Waals surface area contributed by atoms with Gasteiger partial charge in [-0.05, 0) is 54.4 Å². The van der Waals surface area contributed by atoms with Crippen LogP contribution in [0.3, 0.4) is 0 Å². The van der Waals surface area contributed by atoms with Gasteiger partial charge in [-0.25, -0.2) is 0 Å². The molecule has 0 bridgehead atoms. The minimum absolute atomic E-state index is 0.272. The van der Waals surface area contributed by atoms with Crippen LogP contribution in [0.2, 0.25) is 0 Å². The predicted molar refractivity (Wildman–Crippen MR) is 133 cm³/mol. The van der Waals surface area contributed by atoms with Gasteiger partial charge in [0.2, 0.25) is 11.8 Å². The van der Waals surface area contributed by atoms with Crippen LogP contribution in [0, 0.1) is 6.92 Å². The fourth-order valence-corrected chi connectivity index (χ4v) is 3.60. The molecule has 35 heavy (non-hydrogen) atoms. The van der Waals surface area contributed by atoms with Gasteiger partial charge in [-0.3, -0.25) is 4.79 Å². The summed E-state index contributed by atoms with van der Waals surface area (Å²) < 4.78 is 12.6. The highest BCUT2D eigenvalue weighted by molar-refractivity contribution is 5.97. The number of hydrogen-bond donors (Lipinski definition) is 1. The van der Waals surface area contributed by atoms with Crippen LogP contribution in [-0.4, -0.2) is 20.7 Å². The third kappa shape index (κ3) is 5.30. The maximum atomic E-state index is 13.2. The third-order valence-corrected chi connectivity index (χ3v) is 5.43. The fraction of sp³-hybridized carbons (Fsp3) is 0.107. The lowest BCUT2D eigenvalue weighted by Crippen LogP contribution is -2.17. The maximum absolute atomic E-state index is 13.2. The molecule has 0 atom stereocenters. The number of ether oxygens (including phenoxy) is 1. The van der Waals surface area contributed by atoms with E-state index in [1.54, 1.807) is 24.5 Å². The predicted octanol–water partition coefficient (Wildman–Crippen LogP) is 5.73. The van der Waals surface area contributed by atoms with Crippen LogP contribution in [0.5, 0.6) is 5.75 Å². The number of anilines is 1. The topological polar surface area (TPSA) is 82.2 Å². The molecule has 0 saturated carbocycles. The summed E-state index contributed by atoms with van der Waals surface area (Å²) in [6.45, 7) is 2.91. The quantitative estimate of drug-likeness (QED) is 0.316. The van der Waals surface area contributed by atoms with Crippen molar-refractivity contribution in [3.63, 3.8) is 0 Å². The van der Waals surface area contributed by atoms with Crippen molar-refractivity contribution in [3.8, 4) is 17.3 Å². The van der Waals surface area contributed by atoms with Crippen molar-refractivity contribution in [3.05, 3.63) is 120 Å². The number of aromatic nitrogens is 3. The molecule has 0 amide bonds. The highest BCUT2D eigenvalue weighted by Gasteiger charge is 2.20. The summed E-state index contributed by atoms with van der Waals surface area (Å²) in [5, 5.41) is 7.66. The Morgan fingerprint density at radius 2 is 1.77 bits per heavy atom. The fourth-order valence-electron chi connectivity index (χ4n) is 3.60. The molecule has 5 rings (SSSR count). The van der Waals surface area contributed by atoms with Crippen LogP contribution in [0.4, 0.5) is 5.95 Å². The first kappa shape index (κ1) is 22.2.